The predicted octanol–water partition coefficient (Wildman–Crippen LogP) is 2.88. The summed E-state index contributed by atoms with van der Waals surface area (Å²) in [7, 11) is 0. The molecule has 0 aliphatic heterocycles. The maximum atomic E-state index is 5.72. The number of hydrogen-bond donors (Lipinski definition) is 1. The number of aryl methyl sites for hydroxylation is 1. The van der Waals surface area contributed by atoms with Crippen molar-refractivity contribution in [3.63, 3.8) is 0 Å². The van der Waals surface area contributed by atoms with Gasteiger partial charge in [-0.15, -0.1) is 0 Å². The summed E-state index contributed by atoms with van der Waals surface area (Å²) in [6, 6.07) is 10.0. The lowest BCUT2D eigenvalue weighted by Crippen LogP contribution is -2.02. The Labute approximate surface area is 101 Å². The van der Waals surface area contributed by atoms with Crippen molar-refractivity contribution in [1.82, 2.24) is 0 Å². The van der Waals surface area contributed by atoms with E-state index in [0.29, 0.717) is 13.2 Å². The lowest BCUT2D eigenvalue weighted by atomic mass is 10.2. The third-order valence-corrected chi connectivity index (χ3v) is 2.72. The topological polar surface area (TPSA) is 48.4 Å². The van der Waals surface area contributed by atoms with Gasteiger partial charge in [0.1, 0.15) is 18.1 Å². The van der Waals surface area contributed by atoms with Crippen LogP contribution in [0.25, 0.3) is 0 Å². The molecule has 0 aliphatic rings. The van der Waals surface area contributed by atoms with Crippen LogP contribution in [0.2, 0.25) is 0 Å². The van der Waals surface area contributed by atoms with Gasteiger partial charge in [0.25, 0.3) is 0 Å². The highest BCUT2D eigenvalue weighted by atomic mass is 16.5. The molecule has 1 aromatic heterocycles. The monoisotopic (exact) mass is 231 g/mol. The minimum absolute atomic E-state index is 0.403. The van der Waals surface area contributed by atoms with Gasteiger partial charge >= 0.3 is 0 Å². The number of hydrogen-bond acceptors (Lipinski definition) is 3. The molecule has 0 spiro atoms. The van der Waals surface area contributed by atoms with Crippen molar-refractivity contribution >= 4 is 0 Å². The second kappa shape index (κ2) is 5.55. The van der Waals surface area contributed by atoms with E-state index >= 15 is 0 Å². The molecule has 3 heteroatoms. The Bertz CT molecular complexity index is 477. The summed E-state index contributed by atoms with van der Waals surface area (Å²) in [4.78, 5) is 0. The van der Waals surface area contributed by atoms with E-state index in [1.165, 1.54) is 5.56 Å². The van der Waals surface area contributed by atoms with E-state index < -0.39 is 0 Å². The Morgan fingerprint density at radius 2 is 2.18 bits per heavy atom. The fourth-order valence-corrected chi connectivity index (χ4v) is 1.69. The molecule has 0 aliphatic carbocycles. The first kappa shape index (κ1) is 11.7. The zero-order valence-electron chi connectivity index (χ0n) is 9.98. The Kier molecular flexibility index (Phi) is 3.83. The molecule has 0 saturated heterocycles. The summed E-state index contributed by atoms with van der Waals surface area (Å²) >= 11 is 0. The van der Waals surface area contributed by atoms with Crippen molar-refractivity contribution in [1.29, 1.82) is 0 Å². The predicted molar refractivity (Wildman–Crippen MR) is 66.8 cm³/mol. The normalized spacial score (nSPS) is 10.5. The quantitative estimate of drug-likeness (QED) is 0.860. The highest BCUT2D eigenvalue weighted by molar-refractivity contribution is 5.29. The van der Waals surface area contributed by atoms with E-state index in [2.05, 4.69) is 19.1 Å². The minimum atomic E-state index is 0.403. The van der Waals surface area contributed by atoms with E-state index in [4.69, 9.17) is 14.9 Å². The first-order valence-corrected chi connectivity index (χ1v) is 5.80. The first-order valence-electron chi connectivity index (χ1n) is 5.80. The molecule has 2 rings (SSSR count). The van der Waals surface area contributed by atoms with Crippen molar-refractivity contribution in [2.75, 3.05) is 0 Å². The van der Waals surface area contributed by atoms with Gasteiger partial charge in [0.15, 0.2) is 0 Å². The average Bonchev–Trinajstić information content (AvgIpc) is 2.84. The Balaban J connectivity index is 2.02. The Morgan fingerprint density at radius 3 is 2.94 bits per heavy atom. The molecule has 2 aromatic rings. The fourth-order valence-electron chi connectivity index (χ4n) is 1.69. The molecule has 90 valence electrons. The van der Waals surface area contributed by atoms with E-state index in [0.717, 1.165) is 23.5 Å². The smallest absolute Gasteiger partial charge is 0.123 e. The molecule has 1 aromatic carbocycles. The molecule has 0 saturated carbocycles. The SMILES string of the molecule is CCc1cccc(OCc2ccoc2CN)c1. The van der Waals surface area contributed by atoms with Gasteiger partial charge in [0.05, 0.1) is 12.8 Å². The summed E-state index contributed by atoms with van der Waals surface area (Å²) in [6.45, 7) is 3.03. The van der Waals surface area contributed by atoms with Crippen molar-refractivity contribution < 1.29 is 9.15 Å². The number of furan rings is 1. The van der Waals surface area contributed by atoms with Crippen molar-refractivity contribution in [2.24, 2.45) is 5.73 Å². The van der Waals surface area contributed by atoms with Crippen LogP contribution in [0.1, 0.15) is 23.8 Å². The maximum Gasteiger partial charge on any atom is 0.123 e. The number of ether oxygens (including phenoxy) is 1. The summed E-state index contributed by atoms with van der Waals surface area (Å²) < 4.78 is 11.0. The largest absolute Gasteiger partial charge is 0.489 e. The Hall–Kier alpha value is -1.74. The van der Waals surface area contributed by atoms with Gasteiger partial charge in [-0.25, -0.2) is 0 Å². The van der Waals surface area contributed by atoms with Crippen LogP contribution in [0.5, 0.6) is 5.75 Å². The fraction of sp³-hybridized carbons (Fsp3) is 0.286. The van der Waals surface area contributed by atoms with Crippen molar-refractivity contribution in [3.05, 3.63) is 53.5 Å². The summed E-state index contributed by atoms with van der Waals surface area (Å²) in [5.41, 5.74) is 7.84. The minimum Gasteiger partial charge on any atom is -0.489 e. The molecular weight excluding hydrogens is 214 g/mol. The molecule has 0 fully saturated rings. The van der Waals surface area contributed by atoms with E-state index in [-0.39, 0.29) is 0 Å². The average molecular weight is 231 g/mol. The second-order valence-electron chi connectivity index (χ2n) is 3.86. The molecule has 0 atom stereocenters. The molecule has 0 radical (unpaired) electrons. The van der Waals surface area contributed by atoms with E-state index in [9.17, 15) is 0 Å². The number of benzene rings is 1. The second-order valence-corrected chi connectivity index (χ2v) is 3.86. The Morgan fingerprint density at radius 1 is 1.29 bits per heavy atom. The summed E-state index contributed by atoms with van der Waals surface area (Å²) in [5.74, 6) is 1.67. The molecule has 3 nitrogen and oxygen atoms in total. The number of nitrogens with two attached hydrogens (primary N) is 1. The molecule has 0 amide bonds. The van der Waals surface area contributed by atoms with Crippen LogP contribution in [0.4, 0.5) is 0 Å². The van der Waals surface area contributed by atoms with Crippen molar-refractivity contribution in [3.8, 4) is 5.75 Å². The standard InChI is InChI=1S/C14H17NO2/c1-2-11-4-3-5-13(8-11)17-10-12-6-7-16-14(12)9-15/h3-8H,2,9-10,15H2,1H3. The molecule has 17 heavy (non-hydrogen) atoms. The van der Waals surface area contributed by atoms with Crippen LogP contribution < -0.4 is 10.5 Å². The van der Waals surface area contributed by atoms with E-state index in [1.54, 1.807) is 6.26 Å². The van der Waals surface area contributed by atoms with Gasteiger partial charge in [0, 0.05) is 5.56 Å². The van der Waals surface area contributed by atoms with Crippen LogP contribution in [0, 0.1) is 0 Å². The first-order chi connectivity index (χ1) is 8.33. The van der Waals surface area contributed by atoms with Crippen LogP contribution >= 0.6 is 0 Å². The highest BCUT2D eigenvalue weighted by Crippen LogP contribution is 2.17. The molecule has 0 unspecified atom stereocenters. The zero-order valence-corrected chi connectivity index (χ0v) is 9.98. The molecular formula is C14H17NO2. The molecule has 1 heterocycles. The van der Waals surface area contributed by atoms with Gasteiger partial charge in [-0.05, 0) is 30.2 Å². The highest BCUT2D eigenvalue weighted by Gasteiger charge is 2.05. The van der Waals surface area contributed by atoms with Crippen LogP contribution in [-0.4, -0.2) is 0 Å². The summed E-state index contributed by atoms with van der Waals surface area (Å²) in [6.07, 6.45) is 2.65. The van der Waals surface area contributed by atoms with Crippen LogP contribution in [0.15, 0.2) is 41.0 Å². The van der Waals surface area contributed by atoms with Gasteiger partial charge in [-0.3, -0.25) is 0 Å². The van der Waals surface area contributed by atoms with Crippen LogP contribution in [-0.2, 0) is 19.6 Å². The van der Waals surface area contributed by atoms with Crippen LogP contribution in [0.3, 0.4) is 0 Å². The van der Waals surface area contributed by atoms with Gasteiger partial charge < -0.3 is 14.9 Å². The maximum absolute atomic E-state index is 5.72. The number of rotatable bonds is 5. The molecule has 2 N–H and O–H groups in total. The lowest BCUT2D eigenvalue weighted by molar-refractivity contribution is 0.302. The zero-order chi connectivity index (χ0) is 12.1. The van der Waals surface area contributed by atoms with Gasteiger partial charge in [-0.2, -0.15) is 0 Å². The third-order valence-electron chi connectivity index (χ3n) is 2.72. The van der Waals surface area contributed by atoms with E-state index in [1.807, 2.05) is 18.2 Å². The van der Waals surface area contributed by atoms with Gasteiger partial charge in [-0.1, -0.05) is 19.1 Å². The summed E-state index contributed by atoms with van der Waals surface area (Å²) in [5, 5.41) is 0. The lowest BCUT2D eigenvalue weighted by Gasteiger charge is -2.07. The van der Waals surface area contributed by atoms with Crippen molar-refractivity contribution in [2.45, 2.75) is 26.5 Å². The third kappa shape index (κ3) is 2.88. The van der Waals surface area contributed by atoms with Gasteiger partial charge in [0.2, 0.25) is 0 Å². The molecule has 0 bridgehead atoms.